The van der Waals surface area contributed by atoms with Gasteiger partial charge in [-0.3, -0.25) is 4.90 Å². The van der Waals surface area contributed by atoms with E-state index >= 15 is 0 Å². The molecule has 1 aliphatic heterocycles. The van der Waals surface area contributed by atoms with E-state index in [2.05, 4.69) is 39.6 Å². The van der Waals surface area contributed by atoms with Crippen LogP contribution in [-0.2, 0) is 13.1 Å². The predicted molar refractivity (Wildman–Crippen MR) is 119 cm³/mol. The van der Waals surface area contributed by atoms with Crippen molar-refractivity contribution in [1.82, 2.24) is 15.5 Å². The van der Waals surface area contributed by atoms with E-state index in [9.17, 15) is 13.2 Å². The van der Waals surface area contributed by atoms with Crippen molar-refractivity contribution in [3.05, 3.63) is 35.4 Å². The van der Waals surface area contributed by atoms with Gasteiger partial charge in [-0.15, -0.1) is 24.0 Å². The first-order chi connectivity index (χ1) is 12.9. The van der Waals surface area contributed by atoms with Gasteiger partial charge in [-0.05, 0) is 44.4 Å². The molecule has 0 spiro atoms. The summed E-state index contributed by atoms with van der Waals surface area (Å²) in [5.41, 5.74) is 2.32. The lowest BCUT2D eigenvalue weighted by molar-refractivity contribution is -0.132. The summed E-state index contributed by atoms with van der Waals surface area (Å²) in [5, 5.41) is 5.70. The van der Waals surface area contributed by atoms with Crippen molar-refractivity contribution in [2.24, 2.45) is 4.99 Å². The van der Waals surface area contributed by atoms with Gasteiger partial charge in [0.15, 0.2) is 5.96 Å². The van der Waals surface area contributed by atoms with E-state index in [-0.39, 0.29) is 30.5 Å². The summed E-state index contributed by atoms with van der Waals surface area (Å²) in [6.07, 6.45) is -1.18. The first-order valence-electron chi connectivity index (χ1n) is 9.78. The van der Waals surface area contributed by atoms with Crippen LogP contribution in [0.2, 0.25) is 0 Å². The summed E-state index contributed by atoms with van der Waals surface area (Å²) in [6.45, 7) is 7.15. The molecule has 0 saturated carbocycles. The highest BCUT2D eigenvalue weighted by atomic mass is 127. The summed E-state index contributed by atoms with van der Waals surface area (Å²) in [5.74, 6) is 0.410. The molecule has 28 heavy (non-hydrogen) atoms. The predicted octanol–water partition coefficient (Wildman–Crippen LogP) is 4.69. The van der Waals surface area contributed by atoms with Crippen molar-refractivity contribution in [3.63, 3.8) is 0 Å². The highest BCUT2D eigenvalue weighted by Gasteiger charge is 2.26. The second kappa shape index (κ2) is 12.5. The van der Waals surface area contributed by atoms with E-state index in [0.717, 1.165) is 18.7 Å². The molecule has 1 aliphatic rings. The van der Waals surface area contributed by atoms with Gasteiger partial charge in [-0.1, -0.05) is 30.7 Å². The lowest BCUT2D eigenvalue weighted by Crippen LogP contribution is -2.38. The minimum atomic E-state index is -4.16. The maximum Gasteiger partial charge on any atom is 0.390 e. The van der Waals surface area contributed by atoms with Gasteiger partial charge >= 0.3 is 6.18 Å². The molecule has 0 bridgehead atoms. The highest BCUT2D eigenvalue weighted by Crippen LogP contribution is 2.20. The molecule has 0 aromatic heterocycles. The molecular formula is C20H32F3IN4. The molecule has 1 heterocycles. The molecule has 0 amide bonds. The van der Waals surface area contributed by atoms with E-state index in [1.165, 1.54) is 24.8 Å². The number of rotatable bonds is 7. The maximum absolute atomic E-state index is 12.3. The summed E-state index contributed by atoms with van der Waals surface area (Å²) in [6, 6.07) is 8.97. The van der Waals surface area contributed by atoms with Gasteiger partial charge in [0.05, 0.1) is 13.0 Å². The maximum atomic E-state index is 12.3. The number of halogens is 4. The number of aliphatic imine (C=N–C) groups is 1. The van der Waals surface area contributed by atoms with Crippen LogP contribution in [0, 0.1) is 0 Å². The van der Waals surface area contributed by atoms with Crippen LogP contribution in [-0.4, -0.2) is 42.7 Å². The van der Waals surface area contributed by atoms with E-state index in [1.807, 2.05) is 19.1 Å². The summed E-state index contributed by atoms with van der Waals surface area (Å²) >= 11 is 0. The lowest BCUT2D eigenvalue weighted by Gasteiger charge is -2.33. The van der Waals surface area contributed by atoms with Crippen molar-refractivity contribution in [2.45, 2.75) is 64.8 Å². The molecule has 8 heteroatoms. The number of likely N-dealkylation sites (tertiary alicyclic amines) is 1. The average Bonchev–Trinajstić information content (AvgIpc) is 2.62. The Morgan fingerprint density at radius 1 is 1.14 bits per heavy atom. The molecule has 0 radical (unpaired) electrons. The molecule has 1 fully saturated rings. The number of benzene rings is 1. The third-order valence-corrected chi connectivity index (χ3v) is 4.81. The zero-order chi connectivity index (χ0) is 19.7. The monoisotopic (exact) mass is 512 g/mol. The second-order valence-electron chi connectivity index (χ2n) is 7.12. The van der Waals surface area contributed by atoms with Crippen LogP contribution in [0.4, 0.5) is 13.2 Å². The van der Waals surface area contributed by atoms with Gasteiger partial charge < -0.3 is 10.6 Å². The van der Waals surface area contributed by atoms with Crippen molar-refractivity contribution >= 4 is 29.9 Å². The zero-order valence-electron chi connectivity index (χ0n) is 16.7. The Morgan fingerprint density at radius 2 is 1.82 bits per heavy atom. The Balaban J connectivity index is 0.00000392. The van der Waals surface area contributed by atoms with Crippen LogP contribution in [0.1, 0.15) is 50.7 Å². The first kappa shape index (κ1) is 25.0. The Morgan fingerprint density at radius 3 is 2.43 bits per heavy atom. The van der Waals surface area contributed by atoms with Gasteiger partial charge in [0.1, 0.15) is 0 Å². The fourth-order valence-electron chi connectivity index (χ4n) is 3.21. The van der Waals surface area contributed by atoms with Gasteiger partial charge in [0, 0.05) is 25.7 Å². The number of guanidine groups is 1. The van der Waals surface area contributed by atoms with Crippen molar-refractivity contribution in [1.29, 1.82) is 0 Å². The topological polar surface area (TPSA) is 39.7 Å². The fraction of sp³-hybridized carbons (Fsp3) is 0.650. The summed E-state index contributed by atoms with van der Waals surface area (Å²) in [7, 11) is 0. The molecule has 1 aromatic rings. The minimum Gasteiger partial charge on any atom is -0.357 e. The largest absolute Gasteiger partial charge is 0.390 e. The highest BCUT2D eigenvalue weighted by molar-refractivity contribution is 14.0. The van der Waals surface area contributed by atoms with Crippen molar-refractivity contribution < 1.29 is 13.2 Å². The Kier molecular flexibility index (Phi) is 11.2. The number of nitrogens with one attached hydrogen (secondary N) is 2. The number of piperidine rings is 1. The Labute approximate surface area is 183 Å². The fourth-order valence-corrected chi connectivity index (χ4v) is 3.21. The SMILES string of the molecule is CCNC(=NCc1ccc(CN2CCCCC2C)cc1)NCCC(F)(F)F.I. The molecule has 1 saturated heterocycles. The third kappa shape index (κ3) is 9.45. The molecule has 1 unspecified atom stereocenters. The van der Waals surface area contributed by atoms with Gasteiger partial charge in [0.2, 0.25) is 0 Å². The van der Waals surface area contributed by atoms with Crippen LogP contribution in [0.15, 0.2) is 29.3 Å². The van der Waals surface area contributed by atoms with Crippen molar-refractivity contribution in [2.75, 3.05) is 19.6 Å². The summed E-state index contributed by atoms with van der Waals surface area (Å²) < 4.78 is 36.8. The first-order valence-corrected chi connectivity index (χ1v) is 9.78. The molecule has 1 atom stereocenters. The molecule has 2 N–H and O–H groups in total. The van der Waals surface area contributed by atoms with Crippen LogP contribution >= 0.6 is 24.0 Å². The summed E-state index contributed by atoms with van der Waals surface area (Å²) in [4.78, 5) is 6.90. The van der Waals surface area contributed by atoms with Gasteiger partial charge in [-0.2, -0.15) is 13.2 Å². The number of nitrogens with zero attached hydrogens (tertiary/aromatic N) is 2. The number of alkyl halides is 3. The van der Waals surface area contributed by atoms with Crippen molar-refractivity contribution in [3.8, 4) is 0 Å². The average molecular weight is 512 g/mol. The van der Waals surface area contributed by atoms with Crippen LogP contribution < -0.4 is 10.6 Å². The smallest absolute Gasteiger partial charge is 0.357 e. The standard InChI is InChI=1S/C20H31F3N4.HI/c1-3-24-19(25-12-11-20(21,22)23)26-14-17-7-9-18(10-8-17)15-27-13-5-4-6-16(27)2;/h7-10,16H,3-6,11-15H2,1-2H3,(H2,24,25,26);1H. The quantitative estimate of drug-likeness (QED) is 0.317. The van der Waals surface area contributed by atoms with Crippen LogP contribution in [0.25, 0.3) is 0 Å². The van der Waals surface area contributed by atoms with E-state index in [4.69, 9.17) is 0 Å². The normalized spacial score (nSPS) is 18.5. The molecule has 4 nitrogen and oxygen atoms in total. The van der Waals surface area contributed by atoms with E-state index < -0.39 is 12.6 Å². The second-order valence-corrected chi connectivity index (χ2v) is 7.12. The minimum absolute atomic E-state index is 0. The molecular weight excluding hydrogens is 480 g/mol. The van der Waals surface area contributed by atoms with Crippen LogP contribution in [0.3, 0.4) is 0 Å². The number of hydrogen-bond acceptors (Lipinski definition) is 2. The zero-order valence-corrected chi connectivity index (χ0v) is 19.0. The molecule has 0 aliphatic carbocycles. The third-order valence-electron chi connectivity index (χ3n) is 4.81. The molecule has 2 rings (SSSR count). The lowest BCUT2D eigenvalue weighted by atomic mass is 10.0. The number of hydrogen-bond donors (Lipinski definition) is 2. The van der Waals surface area contributed by atoms with Gasteiger partial charge in [0.25, 0.3) is 0 Å². The van der Waals surface area contributed by atoms with E-state index in [1.54, 1.807) is 0 Å². The van der Waals surface area contributed by atoms with Crippen LogP contribution in [0.5, 0.6) is 0 Å². The molecule has 160 valence electrons. The Hall–Kier alpha value is -1.03. The molecule has 1 aromatic carbocycles. The van der Waals surface area contributed by atoms with E-state index in [0.29, 0.717) is 25.1 Å². The Bertz CT molecular complexity index is 590. The van der Waals surface area contributed by atoms with Gasteiger partial charge in [-0.25, -0.2) is 4.99 Å².